The zero-order valence-corrected chi connectivity index (χ0v) is 10.6. The fourth-order valence-electron chi connectivity index (χ4n) is 1.58. The molecule has 17 heavy (non-hydrogen) atoms. The van der Waals surface area contributed by atoms with E-state index < -0.39 is 0 Å². The van der Waals surface area contributed by atoms with Crippen molar-refractivity contribution in [2.75, 3.05) is 31.2 Å². The van der Waals surface area contributed by atoms with Crippen molar-refractivity contribution in [1.29, 1.82) is 0 Å². The lowest BCUT2D eigenvalue weighted by molar-refractivity contribution is -0.116. The summed E-state index contributed by atoms with van der Waals surface area (Å²) in [6.07, 6.45) is 1.62. The van der Waals surface area contributed by atoms with Crippen molar-refractivity contribution in [2.24, 2.45) is 0 Å². The molecule has 0 bridgehead atoms. The number of rotatable bonds is 6. The maximum Gasteiger partial charge on any atom is 0.225 e. The van der Waals surface area contributed by atoms with Gasteiger partial charge in [0.2, 0.25) is 5.91 Å². The number of carbonyl (C=O) groups excluding carboxylic acids is 1. The van der Waals surface area contributed by atoms with Crippen LogP contribution in [0, 0.1) is 0 Å². The Morgan fingerprint density at radius 1 is 1.29 bits per heavy atom. The Bertz CT molecular complexity index is 348. The van der Waals surface area contributed by atoms with Crippen LogP contribution in [0.15, 0.2) is 24.3 Å². The summed E-state index contributed by atoms with van der Waals surface area (Å²) in [4.78, 5) is 13.8. The van der Waals surface area contributed by atoms with Crippen molar-refractivity contribution in [3.8, 4) is 0 Å². The van der Waals surface area contributed by atoms with Crippen LogP contribution in [0.25, 0.3) is 0 Å². The summed E-state index contributed by atoms with van der Waals surface area (Å²) in [5.74, 6) is 0.0396. The fraction of sp³-hybridized carbons (Fsp3) is 0.462. The Kier molecular flexibility index (Phi) is 5.49. The summed E-state index contributed by atoms with van der Waals surface area (Å²) >= 11 is 0. The lowest BCUT2D eigenvalue weighted by Gasteiger charge is -2.14. The number of nitrogens with two attached hydrogens (primary N) is 1. The van der Waals surface area contributed by atoms with Crippen LogP contribution in [0.3, 0.4) is 0 Å². The smallest absolute Gasteiger partial charge is 0.225 e. The molecule has 0 saturated heterocycles. The highest BCUT2D eigenvalue weighted by atomic mass is 16.1. The molecule has 1 rings (SSSR count). The third kappa shape index (κ3) is 5.36. The lowest BCUT2D eigenvalue weighted by atomic mass is 10.2. The molecule has 4 heteroatoms. The molecular weight excluding hydrogens is 214 g/mol. The molecule has 1 aromatic rings. The predicted molar refractivity (Wildman–Crippen MR) is 71.9 cm³/mol. The second-order valence-electron chi connectivity index (χ2n) is 4.22. The first kappa shape index (κ1) is 13.5. The highest BCUT2D eigenvalue weighted by Gasteiger charge is 2.04. The Labute approximate surface area is 103 Å². The van der Waals surface area contributed by atoms with E-state index in [0.717, 1.165) is 25.2 Å². The van der Waals surface area contributed by atoms with Crippen LogP contribution in [-0.2, 0) is 4.79 Å². The molecule has 4 nitrogen and oxygen atoms in total. The molecule has 0 aliphatic rings. The molecule has 0 spiro atoms. The van der Waals surface area contributed by atoms with Gasteiger partial charge in [0.25, 0.3) is 0 Å². The van der Waals surface area contributed by atoms with Crippen LogP contribution in [0.1, 0.15) is 19.8 Å². The van der Waals surface area contributed by atoms with Gasteiger partial charge in [0.05, 0.1) is 0 Å². The zero-order chi connectivity index (χ0) is 12.7. The molecule has 0 fully saturated rings. The first-order valence-electron chi connectivity index (χ1n) is 5.95. The van der Waals surface area contributed by atoms with Gasteiger partial charge in [-0.15, -0.1) is 0 Å². The summed E-state index contributed by atoms with van der Waals surface area (Å²) in [6.45, 7) is 3.94. The second kappa shape index (κ2) is 6.91. The van der Waals surface area contributed by atoms with Gasteiger partial charge in [-0.2, -0.15) is 0 Å². The van der Waals surface area contributed by atoms with Gasteiger partial charge in [-0.3, -0.25) is 4.79 Å². The van der Waals surface area contributed by atoms with Crippen molar-refractivity contribution in [1.82, 2.24) is 4.90 Å². The molecule has 0 aliphatic carbocycles. The van der Waals surface area contributed by atoms with Crippen molar-refractivity contribution < 1.29 is 4.79 Å². The summed E-state index contributed by atoms with van der Waals surface area (Å²) < 4.78 is 0. The fourth-order valence-corrected chi connectivity index (χ4v) is 1.58. The maximum absolute atomic E-state index is 11.6. The Hall–Kier alpha value is -1.55. The summed E-state index contributed by atoms with van der Waals surface area (Å²) in [5, 5.41) is 2.85. The van der Waals surface area contributed by atoms with Gasteiger partial charge in [-0.1, -0.05) is 6.92 Å². The van der Waals surface area contributed by atoms with E-state index >= 15 is 0 Å². The van der Waals surface area contributed by atoms with Crippen LogP contribution in [0.5, 0.6) is 0 Å². The number of carbonyl (C=O) groups is 1. The van der Waals surface area contributed by atoms with E-state index in [9.17, 15) is 4.79 Å². The maximum atomic E-state index is 11.6. The van der Waals surface area contributed by atoms with Gasteiger partial charge >= 0.3 is 0 Å². The SMILES string of the molecule is CCCN(C)CCC(=O)Nc1ccc(N)cc1. The van der Waals surface area contributed by atoms with E-state index in [1.165, 1.54) is 0 Å². The largest absolute Gasteiger partial charge is 0.399 e. The summed E-state index contributed by atoms with van der Waals surface area (Å²) in [7, 11) is 2.03. The molecule has 0 unspecified atom stereocenters. The zero-order valence-electron chi connectivity index (χ0n) is 10.6. The number of nitrogens with zero attached hydrogens (tertiary/aromatic N) is 1. The molecular formula is C13H21N3O. The number of hydrogen-bond donors (Lipinski definition) is 2. The molecule has 94 valence electrons. The van der Waals surface area contributed by atoms with Crippen molar-refractivity contribution in [3.05, 3.63) is 24.3 Å². The van der Waals surface area contributed by atoms with E-state index in [2.05, 4.69) is 17.1 Å². The Balaban J connectivity index is 2.32. The van der Waals surface area contributed by atoms with Crippen molar-refractivity contribution >= 4 is 17.3 Å². The van der Waals surface area contributed by atoms with E-state index in [4.69, 9.17) is 5.73 Å². The molecule has 0 saturated carbocycles. The third-order valence-electron chi connectivity index (χ3n) is 2.52. The highest BCUT2D eigenvalue weighted by Crippen LogP contribution is 2.10. The van der Waals surface area contributed by atoms with E-state index in [-0.39, 0.29) is 5.91 Å². The number of nitrogens with one attached hydrogen (secondary N) is 1. The van der Waals surface area contributed by atoms with Crippen LogP contribution in [0.2, 0.25) is 0 Å². The average molecular weight is 235 g/mol. The van der Waals surface area contributed by atoms with E-state index in [1.807, 2.05) is 19.2 Å². The van der Waals surface area contributed by atoms with Gasteiger partial charge in [0, 0.05) is 24.3 Å². The average Bonchev–Trinajstić information content (AvgIpc) is 2.30. The molecule has 0 aliphatic heterocycles. The van der Waals surface area contributed by atoms with Crippen molar-refractivity contribution in [2.45, 2.75) is 19.8 Å². The van der Waals surface area contributed by atoms with E-state index in [0.29, 0.717) is 12.1 Å². The minimum atomic E-state index is 0.0396. The van der Waals surface area contributed by atoms with Crippen LogP contribution >= 0.6 is 0 Å². The number of benzene rings is 1. The minimum Gasteiger partial charge on any atom is -0.399 e. The first-order chi connectivity index (χ1) is 8.11. The Morgan fingerprint density at radius 2 is 1.94 bits per heavy atom. The highest BCUT2D eigenvalue weighted by molar-refractivity contribution is 5.90. The van der Waals surface area contributed by atoms with Crippen molar-refractivity contribution in [3.63, 3.8) is 0 Å². The normalized spacial score (nSPS) is 10.5. The van der Waals surface area contributed by atoms with Gasteiger partial charge in [-0.25, -0.2) is 0 Å². The molecule has 0 radical (unpaired) electrons. The van der Waals surface area contributed by atoms with Crippen LogP contribution in [-0.4, -0.2) is 30.9 Å². The number of amides is 1. The lowest BCUT2D eigenvalue weighted by Crippen LogP contribution is -2.24. The molecule has 0 aromatic heterocycles. The molecule has 0 atom stereocenters. The monoisotopic (exact) mass is 235 g/mol. The van der Waals surface area contributed by atoms with Gasteiger partial charge in [0.15, 0.2) is 0 Å². The number of anilines is 2. The summed E-state index contributed by atoms with van der Waals surface area (Å²) in [5.41, 5.74) is 7.06. The standard InChI is InChI=1S/C13H21N3O/c1-3-9-16(2)10-8-13(17)15-12-6-4-11(14)5-7-12/h4-7H,3,8-10,14H2,1-2H3,(H,15,17). The molecule has 1 aromatic carbocycles. The van der Waals surface area contributed by atoms with Crippen LogP contribution in [0.4, 0.5) is 11.4 Å². The Morgan fingerprint density at radius 3 is 2.53 bits per heavy atom. The number of nitrogen functional groups attached to an aromatic ring is 1. The molecule has 1 amide bonds. The van der Waals surface area contributed by atoms with Crippen LogP contribution < -0.4 is 11.1 Å². The van der Waals surface area contributed by atoms with Gasteiger partial charge in [-0.05, 0) is 44.3 Å². The second-order valence-corrected chi connectivity index (χ2v) is 4.22. The van der Waals surface area contributed by atoms with E-state index in [1.54, 1.807) is 12.1 Å². The first-order valence-corrected chi connectivity index (χ1v) is 5.95. The minimum absolute atomic E-state index is 0.0396. The summed E-state index contributed by atoms with van der Waals surface area (Å²) in [6, 6.07) is 7.17. The van der Waals surface area contributed by atoms with Gasteiger partial charge < -0.3 is 16.0 Å². The predicted octanol–water partition coefficient (Wildman–Crippen LogP) is 1.94. The van der Waals surface area contributed by atoms with Gasteiger partial charge in [0.1, 0.15) is 0 Å². The quantitative estimate of drug-likeness (QED) is 0.741. The number of hydrogen-bond acceptors (Lipinski definition) is 3. The third-order valence-corrected chi connectivity index (χ3v) is 2.52. The molecule has 0 heterocycles. The molecule has 3 N–H and O–H groups in total. The topological polar surface area (TPSA) is 58.4 Å².